The molecule has 7 nitrogen and oxygen atoms in total. The van der Waals surface area contributed by atoms with E-state index >= 15 is 0 Å². The van der Waals surface area contributed by atoms with Crippen LogP contribution < -0.4 is 16.0 Å². The Labute approximate surface area is 200 Å². The van der Waals surface area contributed by atoms with Gasteiger partial charge in [-0.1, -0.05) is 25.5 Å². The molecular weight excluding hydrogens is 456 g/mol. The standard InChI is InChI=1S/C26H25F2N3O4/c1-2-3-12-34-26(33)31-20(15-30-11-5-7-22(29)25(30)32)13-17-6-4-8-23(24(17)31)35-16-18-9-10-19(27)14-21(18)28/h4-11,13-14H,2-3,12,15-16,29H2,1H3. The first-order valence-corrected chi connectivity index (χ1v) is 11.2. The molecule has 0 fully saturated rings. The summed E-state index contributed by atoms with van der Waals surface area (Å²) in [6, 6.07) is 13.3. The number of rotatable bonds is 8. The molecule has 0 bridgehead atoms. The van der Waals surface area contributed by atoms with Crippen molar-refractivity contribution >= 4 is 22.7 Å². The molecule has 4 aromatic rings. The maximum absolute atomic E-state index is 14.1. The minimum Gasteiger partial charge on any atom is -0.487 e. The number of benzene rings is 2. The molecule has 2 aromatic heterocycles. The molecule has 0 saturated heterocycles. The number of anilines is 1. The van der Waals surface area contributed by atoms with E-state index in [1.54, 1.807) is 36.5 Å². The van der Waals surface area contributed by atoms with E-state index in [-0.39, 0.29) is 36.6 Å². The van der Waals surface area contributed by atoms with Crippen molar-refractivity contribution < 1.29 is 23.0 Å². The van der Waals surface area contributed by atoms with Crippen LogP contribution in [0.25, 0.3) is 10.9 Å². The summed E-state index contributed by atoms with van der Waals surface area (Å²) in [4.78, 5) is 25.6. The molecule has 2 N–H and O–H groups in total. The lowest BCUT2D eigenvalue weighted by Gasteiger charge is -2.14. The summed E-state index contributed by atoms with van der Waals surface area (Å²) < 4.78 is 41.5. The van der Waals surface area contributed by atoms with Gasteiger partial charge < -0.3 is 19.8 Å². The Bertz CT molecular complexity index is 1430. The Balaban J connectivity index is 1.76. The normalized spacial score (nSPS) is 11.1. The summed E-state index contributed by atoms with van der Waals surface area (Å²) in [5.74, 6) is -1.10. The van der Waals surface area contributed by atoms with Gasteiger partial charge in [0.25, 0.3) is 5.56 Å². The van der Waals surface area contributed by atoms with Crippen LogP contribution in [0.1, 0.15) is 31.0 Å². The van der Waals surface area contributed by atoms with Crippen LogP contribution in [-0.4, -0.2) is 21.8 Å². The molecule has 0 atom stereocenters. The van der Waals surface area contributed by atoms with E-state index in [0.717, 1.165) is 18.6 Å². The van der Waals surface area contributed by atoms with Gasteiger partial charge in [-0.25, -0.2) is 18.1 Å². The molecule has 0 saturated carbocycles. The molecule has 0 aliphatic rings. The first-order valence-electron chi connectivity index (χ1n) is 11.2. The van der Waals surface area contributed by atoms with Crippen molar-refractivity contribution in [1.82, 2.24) is 9.13 Å². The summed E-state index contributed by atoms with van der Waals surface area (Å²) in [5, 5.41) is 0.668. The van der Waals surface area contributed by atoms with Crippen molar-refractivity contribution in [3.05, 3.63) is 94.0 Å². The van der Waals surface area contributed by atoms with E-state index in [1.807, 2.05) is 6.92 Å². The van der Waals surface area contributed by atoms with E-state index in [1.165, 1.54) is 21.3 Å². The van der Waals surface area contributed by atoms with Crippen molar-refractivity contribution in [2.45, 2.75) is 32.9 Å². The number of aromatic nitrogens is 2. The smallest absolute Gasteiger partial charge is 0.418 e. The molecule has 0 spiro atoms. The van der Waals surface area contributed by atoms with E-state index in [0.29, 0.717) is 28.8 Å². The molecule has 4 rings (SSSR count). The number of nitrogens with zero attached hydrogens (tertiary/aromatic N) is 2. The summed E-state index contributed by atoms with van der Waals surface area (Å²) in [5.41, 5.74) is 6.54. The fourth-order valence-electron chi connectivity index (χ4n) is 3.74. The number of nitrogens with two attached hydrogens (primary N) is 1. The molecule has 2 aromatic carbocycles. The predicted molar refractivity (Wildman–Crippen MR) is 128 cm³/mol. The second-order valence-electron chi connectivity index (χ2n) is 8.05. The van der Waals surface area contributed by atoms with E-state index in [2.05, 4.69) is 0 Å². The van der Waals surface area contributed by atoms with Gasteiger partial charge in [0.1, 0.15) is 29.5 Å². The van der Waals surface area contributed by atoms with E-state index in [9.17, 15) is 18.4 Å². The number of pyridine rings is 1. The minimum absolute atomic E-state index is 0.0630. The maximum atomic E-state index is 14.1. The topological polar surface area (TPSA) is 88.5 Å². The average Bonchev–Trinajstić information content (AvgIpc) is 3.20. The monoisotopic (exact) mass is 481 g/mol. The minimum atomic E-state index is -0.728. The molecule has 182 valence electrons. The third-order valence-electron chi connectivity index (χ3n) is 5.55. The first kappa shape index (κ1) is 24.0. The number of carbonyl (C=O) groups is 1. The van der Waals surface area contributed by atoms with Crippen molar-refractivity contribution in [3.8, 4) is 5.75 Å². The Kier molecular flexibility index (Phi) is 7.14. The quantitative estimate of drug-likeness (QED) is 0.355. The number of unbranched alkanes of at least 4 members (excludes halogenated alkanes) is 1. The highest BCUT2D eigenvalue weighted by molar-refractivity contribution is 5.94. The number of halogens is 2. The first-order chi connectivity index (χ1) is 16.9. The number of hydrogen-bond acceptors (Lipinski definition) is 5. The number of hydrogen-bond donors (Lipinski definition) is 1. The van der Waals surface area contributed by atoms with Gasteiger partial charge in [-0.05, 0) is 42.8 Å². The van der Waals surface area contributed by atoms with E-state index < -0.39 is 17.7 Å². The number of fused-ring (bicyclic) bond motifs is 1. The van der Waals surface area contributed by atoms with Crippen LogP contribution >= 0.6 is 0 Å². The Morgan fingerprint density at radius 2 is 1.91 bits per heavy atom. The molecule has 0 unspecified atom stereocenters. The molecular formula is C26H25F2N3O4. The summed E-state index contributed by atoms with van der Waals surface area (Å²) in [6.45, 7) is 2.10. The van der Waals surface area contributed by atoms with Crippen LogP contribution in [0.2, 0.25) is 0 Å². The van der Waals surface area contributed by atoms with Gasteiger partial charge in [-0.15, -0.1) is 0 Å². The average molecular weight is 481 g/mol. The third kappa shape index (κ3) is 5.18. The van der Waals surface area contributed by atoms with Crippen LogP contribution in [0.3, 0.4) is 0 Å². The molecule has 0 radical (unpaired) electrons. The zero-order chi connectivity index (χ0) is 24.9. The molecule has 0 aliphatic heterocycles. The Morgan fingerprint density at radius 1 is 1.09 bits per heavy atom. The van der Waals surface area contributed by atoms with Gasteiger partial charge in [-0.3, -0.25) is 4.79 Å². The zero-order valence-electron chi connectivity index (χ0n) is 19.2. The van der Waals surface area contributed by atoms with Crippen LogP contribution in [0.4, 0.5) is 19.3 Å². The molecule has 0 aliphatic carbocycles. The lowest BCUT2D eigenvalue weighted by molar-refractivity contribution is 0.146. The zero-order valence-corrected chi connectivity index (χ0v) is 19.2. The lowest BCUT2D eigenvalue weighted by atomic mass is 10.2. The second-order valence-corrected chi connectivity index (χ2v) is 8.05. The van der Waals surface area contributed by atoms with Gasteiger partial charge >= 0.3 is 6.09 Å². The van der Waals surface area contributed by atoms with Gasteiger partial charge in [0.05, 0.1) is 24.5 Å². The second kappa shape index (κ2) is 10.4. The number of nitrogen functional groups attached to an aromatic ring is 1. The van der Waals surface area contributed by atoms with Crippen molar-refractivity contribution in [2.24, 2.45) is 0 Å². The van der Waals surface area contributed by atoms with Crippen LogP contribution in [0, 0.1) is 11.6 Å². The van der Waals surface area contributed by atoms with Crippen LogP contribution in [0.15, 0.2) is 65.6 Å². The molecule has 35 heavy (non-hydrogen) atoms. The number of carbonyl (C=O) groups excluding carboxylic acids is 1. The summed E-state index contributed by atoms with van der Waals surface area (Å²) in [7, 11) is 0. The lowest BCUT2D eigenvalue weighted by Crippen LogP contribution is -2.25. The molecule has 0 amide bonds. The third-order valence-corrected chi connectivity index (χ3v) is 5.55. The van der Waals surface area contributed by atoms with Gasteiger partial charge in [0, 0.05) is 23.2 Å². The fraction of sp³-hybridized carbons (Fsp3) is 0.231. The van der Waals surface area contributed by atoms with Crippen molar-refractivity contribution in [3.63, 3.8) is 0 Å². The SMILES string of the molecule is CCCCOC(=O)n1c(Cn2cccc(N)c2=O)cc2cccc(OCc3ccc(F)cc3F)c21. The van der Waals surface area contributed by atoms with Crippen LogP contribution in [-0.2, 0) is 17.9 Å². The number of ether oxygens (including phenoxy) is 2. The fourth-order valence-corrected chi connectivity index (χ4v) is 3.74. The predicted octanol–water partition coefficient (Wildman–Crippen LogP) is 5.08. The van der Waals surface area contributed by atoms with Gasteiger partial charge in [0.2, 0.25) is 0 Å². The van der Waals surface area contributed by atoms with Gasteiger partial charge in [-0.2, -0.15) is 0 Å². The molecule has 2 heterocycles. The number of para-hydroxylation sites is 1. The highest BCUT2D eigenvalue weighted by atomic mass is 19.1. The molecule has 9 heteroatoms. The van der Waals surface area contributed by atoms with Crippen LogP contribution in [0.5, 0.6) is 5.75 Å². The highest BCUT2D eigenvalue weighted by Crippen LogP contribution is 2.31. The van der Waals surface area contributed by atoms with Crippen molar-refractivity contribution in [2.75, 3.05) is 12.3 Å². The van der Waals surface area contributed by atoms with Gasteiger partial charge in [0.15, 0.2) is 0 Å². The largest absolute Gasteiger partial charge is 0.487 e. The highest BCUT2D eigenvalue weighted by Gasteiger charge is 2.21. The summed E-state index contributed by atoms with van der Waals surface area (Å²) >= 11 is 0. The Morgan fingerprint density at radius 3 is 2.69 bits per heavy atom. The van der Waals surface area contributed by atoms with Crippen molar-refractivity contribution in [1.29, 1.82) is 0 Å². The Hall–Kier alpha value is -4.14. The van der Waals surface area contributed by atoms with E-state index in [4.69, 9.17) is 15.2 Å². The summed E-state index contributed by atoms with van der Waals surface area (Å²) in [6.07, 6.45) is 2.51. The maximum Gasteiger partial charge on any atom is 0.418 e.